The maximum absolute atomic E-state index is 12.5. The van der Waals surface area contributed by atoms with Crippen LogP contribution < -0.4 is 15.0 Å². The summed E-state index contributed by atoms with van der Waals surface area (Å²) in [4.78, 5) is 28.9. The Morgan fingerprint density at radius 3 is 2.88 bits per heavy atom. The van der Waals surface area contributed by atoms with Crippen LogP contribution in [0.3, 0.4) is 0 Å². The Morgan fingerprint density at radius 2 is 2.15 bits per heavy atom. The minimum atomic E-state index is -0.314. The van der Waals surface area contributed by atoms with Crippen molar-refractivity contribution in [1.29, 1.82) is 0 Å². The van der Waals surface area contributed by atoms with Crippen molar-refractivity contribution >= 4 is 17.5 Å². The van der Waals surface area contributed by atoms with E-state index in [1.807, 2.05) is 24.3 Å². The highest BCUT2D eigenvalue weighted by Crippen LogP contribution is 2.27. The van der Waals surface area contributed by atoms with E-state index < -0.39 is 0 Å². The van der Waals surface area contributed by atoms with E-state index in [1.54, 1.807) is 12.0 Å². The molecule has 1 aromatic rings. The molecule has 0 bridgehead atoms. The van der Waals surface area contributed by atoms with Crippen LogP contribution in [-0.4, -0.2) is 69.3 Å². The number of ether oxygens (including phenoxy) is 2. The molecule has 7 heteroatoms. The summed E-state index contributed by atoms with van der Waals surface area (Å²) < 4.78 is 10.6. The van der Waals surface area contributed by atoms with E-state index in [2.05, 4.69) is 17.1 Å². The zero-order chi connectivity index (χ0) is 18.5. The average Bonchev–Trinajstić information content (AvgIpc) is 3.08. The van der Waals surface area contributed by atoms with Crippen molar-refractivity contribution in [3.63, 3.8) is 0 Å². The predicted molar refractivity (Wildman–Crippen MR) is 98.3 cm³/mol. The summed E-state index contributed by atoms with van der Waals surface area (Å²) in [6.45, 7) is 6.36. The van der Waals surface area contributed by atoms with Crippen molar-refractivity contribution in [2.24, 2.45) is 5.92 Å². The van der Waals surface area contributed by atoms with Crippen LogP contribution in [0.1, 0.15) is 13.3 Å². The number of rotatable bonds is 6. The first-order chi connectivity index (χ1) is 12.6. The lowest BCUT2D eigenvalue weighted by molar-refractivity contribution is -0.126. The van der Waals surface area contributed by atoms with Gasteiger partial charge in [-0.2, -0.15) is 0 Å². The smallest absolute Gasteiger partial charge is 0.227 e. The number of carbonyl (C=O) groups excluding carboxylic acids is 2. The number of nitrogens with one attached hydrogen (secondary N) is 1. The van der Waals surface area contributed by atoms with E-state index in [0.29, 0.717) is 18.8 Å². The zero-order valence-corrected chi connectivity index (χ0v) is 15.4. The molecular formula is C19H27N3O4. The first-order valence-corrected chi connectivity index (χ1v) is 9.12. The molecule has 2 saturated heterocycles. The SMILES string of the molecule is COc1cccc(N2CC(C(=O)NCC(C)N3CCOCC3)CC2=O)c1. The van der Waals surface area contributed by atoms with Crippen LogP contribution in [-0.2, 0) is 14.3 Å². The van der Waals surface area contributed by atoms with E-state index in [1.165, 1.54) is 0 Å². The van der Waals surface area contributed by atoms with Gasteiger partial charge >= 0.3 is 0 Å². The molecule has 2 fully saturated rings. The molecule has 1 N–H and O–H groups in total. The fourth-order valence-electron chi connectivity index (χ4n) is 3.45. The molecule has 2 aliphatic heterocycles. The monoisotopic (exact) mass is 361 g/mol. The number of carbonyl (C=O) groups is 2. The van der Waals surface area contributed by atoms with Crippen molar-refractivity contribution in [2.75, 3.05) is 51.4 Å². The standard InChI is InChI=1S/C19H27N3O4/c1-14(21-6-8-26-9-7-21)12-20-19(24)15-10-18(23)22(13-15)16-4-3-5-17(11-16)25-2/h3-5,11,14-15H,6-10,12-13H2,1-2H3,(H,20,24). The van der Waals surface area contributed by atoms with Gasteiger partial charge in [-0.3, -0.25) is 14.5 Å². The molecular weight excluding hydrogens is 334 g/mol. The first-order valence-electron chi connectivity index (χ1n) is 9.12. The fraction of sp³-hybridized carbons (Fsp3) is 0.579. The molecule has 26 heavy (non-hydrogen) atoms. The molecule has 2 amide bonds. The molecule has 3 rings (SSSR count). The van der Waals surface area contributed by atoms with E-state index in [4.69, 9.17) is 9.47 Å². The second kappa shape index (κ2) is 8.51. The zero-order valence-electron chi connectivity index (χ0n) is 15.4. The van der Waals surface area contributed by atoms with Crippen molar-refractivity contribution in [2.45, 2.75) is 19.4 Å². The van der Waals surface area contributed by atoms with Crippen LogP contribution in [0.5, 0.6) is 5.75 Å². The van der Waals surface area contributed by atoms with Gasteiger partial charge in [0.15, 0.2) is 0 Å². The lowest BCUT2D eigenvalue weighted by Gasteiger charge is -2.32. The molecule has 2 unspecified atom stereocenters. The number of benzene rings is 1. The highest BCUT2D eigenvalue weighted by molar-refractivity contribution is 6.00. The van der Waals surface area contributed by atoms with Gasteiger partial charge < -0.3 is 19.7 Å². The fourth-order valence-corrected chi connectivity index (χ4v) is 3.45. The number of hydrogen-bond acceptors (Lipinski definition) is 5. The molecule has 7 nitrogen and oxygen atoms in total. The summed E-state index contributed by atoms with van der Waals surface area (Å²) in [6.07, 6.45) is 0.245. The van der Waals surface area contributed by atoms with Crippen LogP contribution in [0.2, 0.25) is 0 Å². The van der Waals surface area contributed by atoms with Gasteiger partial charge in [-0.15, -0.1) is 0 Å². The summed E-state index contributed by atoms with van der Waals surface area (Å²) in [5, 5.41) is 3.01. The predicted octanol–water partition coefficient (Wildman–Crippen LogP) is 0.885. The molecule has 2 atom stereocenters. The number of anilines is 1. The summed E-state index contributed by atoms with van der Waals surface area (Å²) in [6, 6.07) is 7.62. The third-order valence-electron chi connectivity index (χ3n) is 5.10. The van der Waals surface area contributed by atoms with Crippen LogP contribution in [0, 0.1) is 5.92 Å². The third-order valence-corrected chi connectivity index (χ3v) is 5.10. The Kier molecular flexibility index (Phi) is 6.11. The van der Waals surface area contributed by atoms with Crippen LogP contribution in [0.15, 0.2) is 24.3 Å². The number of methoxy groups -OCH3 is 1. The molecule has 0 spiro atoms. The summed E-state index contributed by atoms with van der Waals surface area (Å²) >= 11 is 0. The molecule has 0 saturated carbocycles. The average molecular weight is 361 g/mol. The molecule has 2 aliphatic rings. The lowest BCUT2D eigenvalue weighted by Crippen LogP contribution is -2.48. The van der Waals surface area contributed by atoms with Gasteiger partial charge in [0, 0.05) is 50.4 Å². The van der Waals surface area contributed by atoms with Gasteiger partial charge in [-0.05, 0) is 19.1 Å². The molecule has 0 aliphatic carbocycles. The van der Waals surface area contributed by atoms with Crippen molar-refractivity contribution in [3.05, 3.63) is 24.3 Å². The van der Waals surface area contributed by atoms with Gasteiger partial charge in [0.05, 0.1) is 26.2 Å². The topological polar surface area (TPSA) is 71.1 Å². The van der Waals surface area contributed by atoms with Gasteiger partial charge in [0.2, 0.25) is 11.8 Å². The van der Waals surface area contributed by atoms with Gasteiger partial charge in [-0.1, -0.05) is 6.07 Å². The van der Waals surface area contributed by atoms with Gasteiger partial charge in [-0.25, -0.2) is 0 Å². The van der Waals surface area contributed by atoms with Crippen LogP contribution >= 0.6 is 0 Å². The first kappa shape index (κ1) is 18.7. The van der Waals surface area contributed by atoms with E-state index in [9.17, 15) is 9.59 Å². The quantitative estimate of drug-likeness (QED) is 0.815. The normalized spacial score (nSPS) is 22.3. The second-order valence-electron chi connectivity index (χ2n) is 6.85. The molecule has 0 aromatic heterocycles. The highest BCUT2D eigenvalue weighted by Gasteiger charge is 2.35. The Hall–Kier alpha value is -2.12. The Balaban J connectivity index is 1.53. The number of morpholine rings is 1. The summed E-state index contributed by atoms with van der Waals surface area (Å²) in [5.41, 5.74) is 0.770. The van der Waals surface area contributed by atoms with Gasteiger partial charge in [0.25, 0.3) is 0 Å². The number of hydrogen-bond donors (Lipinski definition) is 1. The maximum atomic E-state index is 12.5. The number of amides is 2. The van der Waals surface area contributed by atoms with Gasteiger partial charge in [0.1, 0.15) is 5.75 Å². The molecule has 0 radical (unpaired) electrons. The van der Waals surface area contributed by atoms with Crippen molar-refractivity contribution in [1.82, 2.24) is 10.2 Å². The largest absolute Gasteiger partial charge is 0.497 e. The van der Waals surface area contributed by atoms with Crippen molar-refractivity contribution < 1.29 is 19.1 Å². The highest BCUT2D eigenvalue weighted by atomic mass is 16.5. The second-order valence-corrected chi connectivity index (χ2v) is 6.85. The summed E-state index contributed by atoms with van der Waals surface area (Å²) in [7, 11) is 1.59. The Morgan fingerprint density at radius 1 is 1.38 bits per heavy atom. The summed E-state index contributed by atoms with van der Waals surface area (Å²) in [5.74, 6) is 0.302. The van der Waals surface area contributed by atoms with Crippen LogP contribution in [0.25, 0.3) is 0 Å². The van der Waals surface area contributed by atoms with Crippen LogP contribution in [0.4, 0.5) is 5.69 Å². The molecule has 2 heterocycles. The minimum Gasteiger partial charge on any atom is -0.497 e. The van der Waals surface area contributed by atoms with Crippen molar-refractivity contribution in [3.8, 4) is 5.75 Å². The van der Waals surface area contributed by atoms with E-state index in [0.717, 1.165) is 32.0 Å². The lowest BCUT2D eigenvalue weighted by atomic mass is 10.1. The third kappa shape index (κ3) is 4.34. The maximum Gasteiger partial charge on any atom is 0.227 e. The minimum absolute atomic E-state index is 0.0281. The Bertz CT molecular complexity index is 645. The molecule has 1 aromatic carbocycles. The molecule has 142 valence electrons. The van der Waals surface area contributed by atoms with E-state index >= 15 is 0 Å². The number of nitrogens with zero attached hydrogens (tertiary/aromatic N) is 2. The Labute approximate surface area is 154 Å². The van der Waals surface area contributed by atoms with E-state index in [-0.39, 0.29) is 30.2 Å².